The number of hydrogen-bond donors (Lipinski definition) is 1. The van der Waals surface area contributed by atoms with E-state index in [-0.39, 0.29) is 5.97 Å². The molecule has 0 fully saturated rings. The molecule has 0 aliphatic heterocycles. The molecule has 0 aliphatic rings. The molecule has 1 aromatic rings. The number of nitrogens with two attached hydrogens (primary N) is 1. The number of ether oxygens (including phenoxy) is 1. The van der Waals surface area contributed by atoms with Crippen LogP contribution in [0.1, 0.15) is 5.56 Å². The second-order valence-electron chi connectivity index (χ2n) is 5.77. The van der Waals surface area contributed by atoms with E-state index in [1.54, 1.807) is 0 Å². The molecule has 0 heterocycles. The smallest absolute Gasteiger partial charge is 0.323 e. The summed E-state index contributed by atoms with van der Waals surface area (Å²) in [5.41, 5.74) is 6.90. The number of benzene rings is 1. The van der Waals surface area contributed by atoms with Crippen molar-refractivity contribution in [3.05, 3.63) is 35.9 Å². The van der Waals surface area contributed by atoms with Gasteiger partial charge in [-0.2, -0.15) is 0 Å². The lowest BCUT2D eigenvalue weighted by atomic mass is 10.1. The molecule has 0 unspecified atom stereocenters. The minimum atomic E-state index is -1.15. The Kier molecular flexibility index (Phi) is 5.56. The van der Waals surface area contributed by atoms with Gasteiger partial charge >= 0.3 is 5.97 Å². The van der Waals surface area contributed by atoms with Gasteiger partial charge in [-0.15, -0.1) is 0 Å². The molecule has 0 bridgehead atoms. The van der Waals surface area contributed by atoms with E-state index in [2.05, 4.69) is 19.6 Å². The van der Waals surface area contributed by atoms with Crippen LogP contribution in [0.15, 0.2) is 30.3 Å². The van der Waals surface area contributed by atoms with Gasteiger partial charge in [-0.1, -0.05) is 50.0 Å². The lowest BCUT2D eigenvalue weighted by Gasteiger charge is -2.17. The third-order valence-corrected chi connectivity index (χ3v) is 4.40. The first-order valence-electron chi connectivity index (χ1n) is 6.34. The van der Waals surface area contributed by atoms with E-state index >= 15 is 0 Å². The standard InChI is InChI=1S/C14H23NO2Si/c1-18(2,3)10-9-17-14(16)13(15)11-12-7-5-4-6-8-12/h4-8,13H,9-11,15H2,1-3H3/t13-/m0/s1. The van der Waals surface area contributed by atoms with Crippen LogP contribution in [0.25, 0.3) is 0 Å². The van der Waals surface area contributed by atoms with Crippen molar-refractivity contribution in [1.29, 1.82) is 0 Å². The molecule has 0 radical (unpaired) electrons. The first-order valence-corrected chi connectivity index (χ1v) is 10.1. The summed E-state index contributed by atoms with van der Waals surface area (Å²) in [5, 5.41) is 0. The van der Waals surface area contributed by atoms with Crippen LogP contribution in [0.3, 0.4) is 0 Å². The first kappa shape index (κ1) is 14.9. The van der Waals surface area contributed by atoms with Crippen LogP contribution in [0.2, 0.25) is 25.7 Å². The largest absolute Gasteiger partial charge is 0.465 e. The van der Waals surface area contributed by atoms with Crippen molar-refractivity contribution in [2.75, 3.05) is 6.61 Å². The quantitative estimate of drug-likeness (QED) is 0.635. The third kappa shape index (κ3) is 5.98. The fourth-order valence-electron chi connectivity index (χ4n) is 1.52. The molecule has 100 valence electrons. The Hall–Kier alpha value is -1.13. The third-order valence-electron chi connectivity index (χ3n) is 2.70. The second kappa shape index (κ2) is 6.71. The zero-order valence-corrected chi connectivity index (χ0v) is 12.5. The molecular formula is C14H23NO2Si. The van der Waals surface area contributed by atoms with E-state index in [1.807, 2.05) is 30.3 Å². The Morgan fingerprint density at radius 1 is 1.28 bits per heavy atom. The molecule has 1 rings (SSSR count). The highest BCUT2D eigenvalue weighted by atomic mass is 28.3. The maximum atomic E-state index is 11.7. The van der Waals surface area contributed by atoms with Gasteiger partial charge in [0.25, 0.3) is 0 Å². The van der Waals surface area contributed by atoms with E-state index in [4.69, 9.17) is 10.5 Å². The zero-order chi connectivity index (χ0) is 13.6. The maximum absolute atomic E-state index is 11.7. The summed E-state index contributed by atoms with van der Waals surface area (Å²) < 4.78 is 5.22. The maximum Gasteiger partial charge on any atom is 0.323 e. The van der Waals surface area contributed by atoms with Crippen LogP contribution in [0.5, 0.6) is 0 Å². The van der Waals surface area contributed by atoms with Gasteiger partial charge in [0.1, 0.15) is 6.04 Å². The van der Waals surface area contributed by atoms with E-state index < -0.39 is 14.1 Å². The van der Waals surface area contributed by atoms with Crippen LogP contribution in [-0.4, -0.2) is 26.7 Å². The van der Waals surface area contributed by atoms with Crippen molar-refractivity contribution in [3.8, 4) is 0 Å². The van der Waals surface area contributed by atoms with Gasteiger partial charge in [-0.3, -0.25) is 4.79 Å². The summed E-state index contributed by atoms with van der Waals surface area (Å²) in [7, 11) is -1.15. The summed E-state index contributed by atoms with van der Waals surface area (Å²) >= 11 is 0. The predicted octanol–water partition coefficient (Wildman–Crippen LogP) is 2.44. The van der Waals surface area contributed by atoms with E-state index in [0.29, 0.717) is 13.0 Å². The highest BCUT2D eigenvalue weighted by Gasteiger charge is 2.18. The zero-order valence-electron chi connectivity index (χ0n) is 11.5. The van der Waals surface area contributed by atoms with E-state index in [9.17, 15) is 4.79 Å². The number of esters is 1. The monoisotopic (exact) mass is 265 g/mol. The van der Waals surface area contributed by atoms with Gasteiger partial charge in [-0.05, 0) is 18.0 Å². The molecule has 0 aromatic heterocycles. The Labute approximate surface area is 110 Å². The second-order valence-corrected chi connectivity index (χ2v) is 11.4. The van der Waals surface area contributed by atoms with Gasteiger partial charge in [-0.25, -0.2) is 0 Å². The fraction of sp³-hybridized carbons (Fsp3) is 0.500. The molecule has 1 atom stereocenters. The number of carbonyl (C=O) groups is 1. The Bertz CT molecular complexity index is 373. The van der Waals surface area contributed by atoms with Crippen LogP contribution >= 0.6 is 0 Å². The minimum absolute atomic E-state index is 0.294. The average Bonchev–Trinajstić information content (AvgIpc) is 2.28. The molecule has 0 aliphatic carbocycles. The summed E-state index contributed by atoms with van der Waals surface area (Å²) in [6.45, 7) is 7.26. The van der Waals surface area contributed by atoms with Crippen LogP contribution in [0.4, 0.5) is 0 Å². The molecule has 0 amide bonds. The molecule has 4 heteroatoms. The van der Waals surface area contributed by atoms with Crippen LogP contribution in [-0.2, 0) is 16.0 Å². The highest BCUT2D eigenvalue weighted by molar-refractivity contribution is 6.76. The Morgan fingerprint density at radius 2 is 1.89 bits per heavy atom. The number of rotatable bonds is 6. The van der Waals surface area contributed by atoms with Gasteiger partial charge in [0.2, 0.25) is 0 Å². The molecule has 0 spiro atoms. The Balaban J connectivity index is 2.34. The summed E-state index contributed by atoms with van der Waals surface area (Å²) in [5.74, 6) is -0.294. The molecule has 3 nitrogen and oxygen atoms in total. The van der Waals surface area contributed by atoms with E-state index in [0.717, 1.165) is 11.6 Å². The first-order chi connectivity index (χ1) is 8.38. The average molecular weight is 265 g/mol. The normalized spacial score (nSPS) is 13.1. The van der Waals surface area contributed by atoms with Crippen LogP contribution in [0, 0.1) is 0 Å². The lowest BCUT2D eigenvalue weighted by molar-refractivity contribution is -0.144. The van der Waals surface area contributed by atoms with Gasteiger partial charge < -0.3 is 10.5 Å². The van der Waals surface area contributed by atoms with Crippen molar-refractivity contribution in [2.45, 2.75) is 38.1 Å². The van der Waals surface area contributed by atoms with E-state index in [1.165, 1.54) is 0 Å². The number of carbonyl (C=O) groups excluding carboxylic acids is 1. The molecule has 0 saturated heterocycles. The summed E-state index contributed by atoms with van der Waals surface area (Å²) in [6, 6.07) is 10.2. The number of hydrogen-bond acceptors (Lipinski definition) is 3. The molecule has 18 heavy (non-hydrogen) atoms. The molecule has 2 N–H and O–H groups in total. The van der Waals surface area contributed by atoms with Gasteiger partial charge in [0.05, 0.1) is 6.61 Å². The van der Waals surface area contributed by atoms with Gasteiger partial charge in [0, 0.05) is 8.07 Å². The topological polar surface area (TPSA) is 52.3 Å². The molecule has 0 saturated carbocycles. The lowest BCUT2D eigenvalue weighted by Crippen LogP contribution is -2.35. The van der Waals surface area contributed by atoms with Crippen molar-refractivity contribution >= 4 is 14.0 Å². The summed E-state index contributed by atoms with van der Waals surface area (Å²) in [4.78, 5) is 11.7. The SMILES string of the molecule is C[Si](C)(C)CCOC(=O)[C@@H](N)Cc1ccccc1. The van der Waals surface area contributed by atoms with Crippen molar-refractivity contribution < 1.29 is 9.53 Å². The van der Waals surface area contributed by atoms with Crippen molar-refractivity contribution in [3.63, 3.8) is 0 Å². The van der Waals surface area contributed by atoms with Crippen LogP contribution < -0.4 is 5.73 Å². The minimum Gasteiger partial charge on any atom is -0.465 e. The van der Waals surface area contributed by atoms with Gasteiger partial charge in [0.15, 0.2) is 0 Å². The molecular weight excluding hydrogens is 242 g/mol. The summed E-state index contributed by atoms with van der Waals surface area (Å²) in [6.07, 6.45) is 0.534. The fourth-order valence-corrected chi connectivity index (χ4v) is 2.23. The Morgan fingerprint density at radius 3 is 2.44 bits per heavy atom. The predicted molar refractivity (Wildman–Crippen MR) is 77.2 cm³/mol. The van der Waals surface area contributed by atoms with Crippen molar-refractivity contribution in [1.82, 2.24) is 0 Å². The highest BCUT2D eigenvalue weighted by Crippen LogP contribution is 2.08. The molecule has 1 aromatic carbocycles. The van der Waals surface area contributed by atoms with Crippen molar-refractivity contribution in [2.24, 2.45) is 5.73 Å².